The molecule has 0 radical (unpaired) electrons. The first-order valence-electron chi connectivity index (χ1n) is 4.29. The number of thiophene rings is 1. The van der Waals surface area contributed by atoms with Crippen LogP contribution in [0.1, 0.15) is 6.42 Å². The lowest BCUT2D eigenvalue weighted by Gasteiger charge is -2.15. The Balaban J connectivity index is 2.04. The van der Waals surface area contributed by atoms with Crippen molar-refractivity contribution in [3.8, 4) is 0 Å². The van der Waals surface area contributed by atoms with Crippen molar-refractivity contribution in [1.29, 1.82) is 0 Å². The minimum atomic E-state index is -0.683. The van der Waals surface area contributed by atoms with Crippen molar-refractivity contribution >= 4 is 38.2 Å². The van der Waals surface area contributed by atoms with Crippen LogP contribution < -0.4 is 4.90 Å². The Morgan fingerprint density at radius 1 is 1.79 bits per heavy atom. The number of carboxylic acids is 1. The number of halogens is 1. The SMILES string of the molecule is CN(c1cc(Br)cs1)C1CC1C(=O)O. The first kappa shape index (κ1) is 9.98. The summed E-state index contributed by atoms with van der Waals surface area (Å²) in [6.45, 7) is 0. The van der Waals surface area contributed by atoms with Gasteiger partial charge in [-0.05, 0) is 28.4 Å². The standard InChI is InChI=1S/C9H10BrNO2S/c1-11(7-3-6(7)9(12)13)8-2-5(10)4-14-8/h2,4,6-7H,3H2,1H3,(H,12,13). The first-order valence-corrected chi connectivity index (χ1v) is 5.96. The van der Waals surface area contributed by atoms with Gasteiger partial charge in [0.15, 0.2) is 0 Å². The van der Waals surface area contributed by atoms with Gasteiger partial charge in [-0.25, -0.2) is 0 Å². The van der Waals surface area contributed by atoms with Crippen LogP contribution in [0.15, 0.2) is 15.9 Å². The minimum Gasteiger partial charge on any atom is -0.481 e. The van der Waals surface area contributed by atoms with Gasteiger partial charge in [-0.3, -0.25) is 4.79 Å². The van der Waals surface area contributed by atoms with Crippen LogP contribution in [0.3, 0.4) is 0 Å². The predicted molar refractivity (Wildman–Crippen MR) is 60.0 cm³/mol. The zero-order valence-corrected chi connectivity index (χ0v) is 10.0. The summed E-state index contributed by atoms with van der Waals surface area (Å²) < 4.78 is 1.05. The van der Waals surface area contributed by atoms with Crippen LogP contribution >= 0.6 is 27.3 Å². The maximum Gasteiger partial charge on any atom is 0.308 e. The zero-order valence-electron chi connectivity index (χ0n) is 7.61. The van der Waals surface area contributed by atoms with Gasteiger partial charge in [0.1, 0.15) is 0 Å². The molecule has 0 spiro atoms. The molecule has 0 saturated heterocycles. The average molecular weight is 276 g/mol. The summed E-state index contributed by atoms with van der Waals surface area (Å²) in [7, 11) is 1.95. The third kappa shape index (κ3) is 1.79. The third-order valence-electron chi connectivity index (χ3n) is 2.47. The normalized spacial score (nSPS) is 24.7. The Hall–Kier alpha value is -0.550. The van der Waals surface area contributed by atoms with Crippen molar-refractivity contribution in [2.45, 2.75) is 12.5 Å². The molecule has 2 atom stereocenters. The molecule has 0 aromatic carbocycles. The van der Waals surface area contributed by atoms with Crippen LogP contribution in [0.4, 0.5) is 5.00 Å². The summed E-state index contributed by atoms with van der Waals surface area (Å²) in [5.74, 6) is -0.863. The van der Waals surface area contributed by atoms with Crippen molar-refractivity contribution in [2.24, 2.45) is 5.92 Å². The van der Waals surface area contributed by atoms with Gasteiger partial charge in [0, 0.05) is 22.9 Å². The van der Waals surface area contributed by atoms with Crippen LogP contribution in [0.2, 0.25) is 0 Å². The fourth-order valence-electron chi connectivity index (χ4n) is 1.53. The third-order valence-corrected chi connectivity index (χ3v) is 4.25. The molecule has 76 valence electrons. The van der Waals surface area contributed by atoms with Gasteiger partial charge in [-0.2, -0.15) is 0 Å². The van der Waals surface area contributed by atoms with Crippen molar-refractivity contribution in [1.82, 2.24) is 0 Å². The molecule has 0 aliphatic heterocycles. The molecule has 1 aliphatic carbocycles. The van der Waals surface area contributed by atoms with E-state index in [1.165, 1.54) is 0 Å². The van der Waals surface area contributed by atoms with E-state index < -0.39 is 5.97 Å². The van der Waals surface area contributed by atoms with E-state index in [1.54, 1.807) is 11.3 Å². The fourth-order valence-corrected chi connectivity index (χ4v) is 2.97. The second kappa shape index (κ2) is 3.55. The van der Waals surface area contributed by atoms with E-state index in [0.717, 1.165) is 15.9 Å². The van der Waals surface area contributed by atoms with Crippen molar-refractivity contribution in [3.63, 3.8) is 0 Å². The maximum atomic E-state index is 10.7. The molecular weight excluding hydrogens is 266 g/mol. The van der Waals surface area contributed by atoms with Crippen LogP contribution in [0.5, 0.6) is 0 Å². The number of anilines is 1. The molecule has 2 unspecified atom stereocenters. The zero-order chi connectivity index (χ0) is 10.3. The second-order valence-corrected chi connectivity index (χ2v) is 5.27. The second-order valence-electron chi connectivity index (χ2n) is 3.46. The van der Waals surface area contributed by atoms with Crippen LogP contribution in [-0.4, -0.2) is 24.2 Å². The van der Waals surface area contributed by atoms with Gasteiger partial charge < -0.3 is 10.0 Å². The van der Waals surface area contributed by atoms with Crippen LogP contribution in [0.25, 0.3) is 0 Å². The van der Waals surface area contributed by atoms with E-state index in [9.17, 15) is 4.79 Å². The number of rotatable bonds is 3. The molecule has 1 aromatic rings. The summed E-state index contributed by atoms with van der Waals surface area (Å²) >= 11 is 5.01. The molecule has 1 N–H and O–H groups in total. The number of carbonyl (C=O) groups is 1. The number of carboxylic acid groups (broad SMARTS) is 1. The van der Waals surface area contributed by atoms with Gasteiger partial charge in [-0.15, -0.1) is 11.3 Å². The van der Waals surface area contributed by atoms with E-state index in [-0.39, 0.29) is 12.0 Å². The van der Waals surface area contributed by atoms with Crippen molar-refractivity contribution in [3.05, 3.63) is 15.9 Å². The molecule has 3 nitrogen and oxygen atoms in total. The lowest BCUT2D eigenvalue weighted by Crippen LogP contribution is -2.22. The van der Waals surface area contributed by atoms with Gasteiger partial charge >= 0.3 is 5.97 Å². The van der Waals surface area contributed by atoms with Crippen LogP contribution in [0, 0.1) is 5.92 Å². The fraction of sp³-hybridized carbons (Fsp3) is 0.444. The maximum absolute atomic E-state index is 10.7. The van der Waals surface area contributed by atoms with E-state index in [4.69, 9.17) is 5.11 Å². The lowest BCUT2D eigenvalue weighted by atomic mass is 10.4. The van der Waals surface area contributed by atoms with E-state index in [2.05, 4.69) is 15.9 Å². The molecule has 0 bridgehead atoms. The highest BCUT2D eigenvalue weighted by molar-refractivity contribution is 9.10. The molecule has 1 heterocycles. The van der Waals surface area contributed by atoms with Crippen molar-refractivity contribution in [2.75, 3.05) is 11.9 Å². The van der Waals surface area contributed by atoms with Gasteiger partial charge in [0.2, 0.25) is 0 Å². The molecule has 0 amide bonds. The average Bonchev–Trinajstić information content (AvgIpc) is 2.82. The summed E-state index contributed by atoms with van der Waals surface area (Å²) in [5, 5.41) is 11.9. The first-order chi connectivity index (χ1) is 6.59. The minimum absolute atomic E-state index is 0.179. The van der Waals surface area contributed by atoms with Gasteiger partial charge in [0.05, 0.1) is 10.9 Å². The number of hydrogen-bond acceptors (Lipinski definition) is 3. The Labute approximate surface area is 94.5 Å². The Kier molecular flexibility index (Phi) is 2.53. The van der Waals surface area contributed by atoms with E-state index in [0.29, 0.717) is 0 Å². The quantitative estimate of drug-likeness (QED) is 0.921. The summed E-state index contributed by atoms with van der Waals surface area (Å²) in [4.78, 5) is 12.7. The largest absolute Gasteiger partial charge is 0.481 e. The molecule has 2 rings (SSSR count). The number of hydrogen-bond donors (Lipinski definition) is 1. The van der Waals surface area contributed by atoms with E-state index in [1.807, 2.05) is 23.4 Å². The summed E-state index contributed by atoms with van der Waals surface area (Å²) in [6, 6.07) is 2.19. The smallest absolute Gasteiger partial charge is 0.308 e. The van der Waals surface area contributed by atoms with Crippen LogP contribution in [-0.2, 0) is 4.79 Å². The highest BCUT2D eigenvalue weighted by Crippen LogP contribution is 2.40. The number of aliphatic carboxylic acids is 1. The molecule has 1 fully saturated rings. The molecular formula is C9H10BrNO2S. The van der Waals surface area contributed by atoms with E-state index >= 15 is 0 Å². The Morgan fingerprint density at radius 3 is 2.93 bits per heavy atom. The summed E-state index contributed by atoms with van der Waals surface area (Å²) in [5.41, 5.74) is 0. The molecule has 5 heteroatoms. The number of nitrogens with zero attached hydrogens (tertiary/aromatic N) is 1. The Morgan fingerprint density at radius 2 is 2.50 bits per heavy atom. The monoisotopic (exact) mass is 275 g/mol. The highest BCUT2D eigenvalue weighted by Gasteiger charge is 2.46. The van der Waals surface area contributed by atoms with Gasteiger partial charge in [0.25, 0.3) is 0 Å². The summed E-state index contributed by atoms with van der Waals surface area (Å²) in [6.07, 6.45) is 0.765. The Bertz CT molecular complexity index is 365. The topological polar surface area (TPSA) is 40.5 Å². The van der Waals surface area contributed by atoms with Gasteiger partial charge in [-0.1, -0.05) is 0 Å². The molecule has 1 aromatic heterocycles. The molecule has 1 aliphatic rings. The predicted octanol–water partition coefficient (Wildman–Crippen LogP) is 2.42. The molecule has 14 heavy (non-hydrogen) atoms. The van der Waals surface area contributed by atoms with Crippen molar-refractivity contribution < 1.29 is 9.90 Å². The highest BCUT2D eigenvalue weighted by atomic mass is 79.9. The molecule has 1 saturated carbocycles. The lowest BCUT2D eigenvalue weighted by molar-refractivity contribution is -0.138.